The van der Waals surface area contributed by atoms with Crippen LogP contribution in [0, 0.1) is 0 Å². The number of nitrogen functional groups attached to an aromatic ring is 1. The van der Waals surface area contributed by atoms with Gasteiger partial charge in [-0.2, -0.15) is 4.98 Å². The highest BCUT2D eigenvalue weighted by atomic mass is 16.2. The van der Waals surface area contributed by atoms with Crippen LogP contribution < -0.4 is 22.5 Å². The smallest absolute Gasteiger partial charge is 0.325 e. The lowest BCUT2D eigenvalue weighted by Gasteiger charge is -1.93. The van der Waals surface area contributed by atoms with Crippen LogP contribution in [0.25, 0.3) is 11.2 Å². The number of nitrogens with one attached hydrogen (secondary N) is 4. The van der Waals surface area contributed by atoms with Crippen LogP contribution in [0.4, 0.5) is 5.95 Å². The van der Waals surface area contributed by atoms with E-state index in [9.17, 15) is 14.4 Å². The van der Waals surface area contributed by atoms with Crippen LogP contribution in [-0.2, 0) is 6.42 Å². The number of nitrogens with two attached hydrogens (primary N) is 1. The number of aryl methyl sites for hydroxylation is 1. The molecule has 0 saturated carbocycles. The van der Waals surface area contributed by atoms with Crippen LogP contribution in [0.1, 0.15) is 18.9 Å². The molecule has 0 aromatic carbocycles. The van der Waals surface area contributed by atoms with E-state index in [1.807, 2.05) is 6.92 Å². The second kappa shape index (κ2) is 6.52. The van der Waals surface area contributed by atoms with E-state index in [0.717, 1.165) is 6.42 Å². The Bertz CT molecular complexity index is 934. The molecule has 0 aliphatic heterocycles. The Kier molecular flexibility index (Phi) is 4.51. The van der Waals surface area contributed by atoms with Gasteiger partial charge >= 0.3 is 5.69 Å². The number of imidazole rings is 1. The molecule has 3 rings (SSSR count). The van der Waals surface area contributed by atoms with E-state index in [2.05, 4.69) is 29.9 Å². The maximum atomic E-state index is 11.0. The molecule has 116 valence electrons. The summed E-state index contributed by atoms with van der Waals surface area (Å²) in [5, 5.41) is 0. The molecule has 0 atom stereocenters. The minimum Gasteiger partial charge on any atom is -0.369 e. The number of hydrogen-bond acceptors (Lipinski definition) is 6. The molecule has 0 bridgehead atoms. The zero-order valence-electron chi connectivity index (χ0n) is 11.8. The summed E-state index contributed by atoms with van der Waals surface area (Å²) in [6.07, 6.45) is 4.46. The van der Waals surface area contributed by atoms with Crippen molar-refractivity contribution in [2.75, 3.05) is 5.73 Å². The molecule has 0 amide bonds. The normalized spacial score (nSPS) is 10.2. The van der Waals surface area contributed by atoms with Crippen molar-refractivity contribution < 1.29 is 0 Å². The van der Waals surface area contributed by atoms with E-state index < -0.39 is 5.69 Å². The molecule has 0 aliphatic rings. The second-order valence-electron chi connectivity index (χ2n) is 4.40. The molecule has 0 spiro atoms. The molecule has 0 radical (unpaired) electrons. The third-order valence-electron chi connectivity index (χ3n) is 2.73. The highest BCUT2D eigenvalue weighted by Crippen LogP contribution is 1.98. The maximum Gasteiger partial charge on any atom is 0.325 e. The van der Waals surface area contributed by atoms with Crippen LogP contribution >= 0.6 is 0 Å². The van der Waals surface area contributed by atoms with Crippen molar-refractivity contribution in [2.24, 2.45) is 0 Å². The largest absolute Gasteiger partial charge is 0.369 e. The molecule has 3 aromatic heterocycles. The van der Waals surface area contributed by atoms with E-state index in [1.165, 1.54) is 12.5 Å². The van der Waals surface area contributed by atoms with Gasteiger partial charge in [-0.25, -0.2) is 9.78 Å². The van der Waals surface area contributed by atoms with E-state index in [-0.39, 0.29) is 17.1 Å². The van der Waals surface area contributed by atoms with Crippen molar-refractivity contribution in [1.29, 1.82) is 0 Å². The monoisotopic (exact) mass is 305 g/mol. The molecular formula is C12H15N7O3. The first-order valence-electron chi connectivity index (χ1n) is 6.51. The van der Waals surface area contributed by atoms with Gasteiger partial charge < -0.3 is 15.7 Å². The Hall–Kier alpha value is -3.17. The van der Waals surface area contributed by atoms with Gasteiger partial charge in [-0.05, 0) is 6.42 Å². The number of aromatic nitrogens is 6. The molecule has 22 heavy (non-hydrogen) atoms. The zero-order valence-corrected chi connectivity index (χ0v) is 11.8. The van der Waals surface area contributed by atoms with Gasteiger partial charge in [0.15, 0.2) is 11.2 Å². The molecule has 3 heterocycles. The summed E-state index contributed by atoms with van der Waals surface area (Å²) in [4.78, 5) is 49.6. The predicted molar refractivity (Wildman–Crippen MR) is 80.6 cm³/mol. The molecule has 0 fully saturated rings. The quantitative estimate of drug-likeness (QED) is 0.417. The second-order valence-corrected chi connectivity index (χ2v) is 4.40. The number of H-pyrrole nitrogens is 4. The van der Waals surface area contributed by atoms with Crippen LogP contribution in [-0.4, -0.2) is 29.9 Å². The number of hydrogen-bond donors (Lipinski definition) is 5. The maximum absolute atomic E-state index is 11.0. The van der Waals surface area contributed by atoms with Gasteiger partial charge in [0.25, 0.3) is 11.1 Å². The minimum absolute atomic E-state index is 0.0783. The number of fused-ring (bicyclic) bond motifs is 1. The van der Waals surface area contributed by atoms with Crippen LogP contribution in [0.2, 0.25) is 0 Å². The fraction of sp³-hybridized carbons (Fsp3) is 0.250. The first-order chi connectivity index (χ1) is 10.5. The van der Waals surface area contributed by atoms with Crippen LogP contribution in [0.3, 0.4) is 0 Å². The van der Waals surface area contributed by atoms with Crippen molar-refractivity contribution in [1.82, 2.24) is 29.9 Å². The lowest BCUT2D eigenvalue weighted by Crippen LogP contribution is -2.24. The standard InChI is InChI=1S/C7H10N2O2.C5H5N5O/c1-2-3-5-4-8-7(11)9-6(5)10;6-5-9-3-2(4(11)10-5)7-1-8-3/h4H,2-3H2,1H3,(H2,8,9,10,11);1H,(H4,6,7,8,9,10,11). The third kappa shape index (κ3) is 3.48. The highest BCUT2D eigenvalue weighted by Gasteiger charge is 2.01. The predicted octanol–water partition coefficient (Wildman–Crippen LogP) is -0.756. The summed E-state index contributed by atoms with van der Waals surface area (Å²) in [5.74, 6) is 0.0783. The molecule has 10 heteroatoms. The molecule has 0 saturated heterocycles. The Balaban J connectivity index is 0.000000160. The number of nitrogens with zero attached hydrogens (tertiary/aromatic N) is 2. The van der Waals surface area contributed by atoms with Crippen molar-refractivity contribution in [3.05, 3.63) is 49.3 Å². The van der Waals surface area contributed by atoms with Gasteiger partial charge in [-0.3, -0.25) is 19.6 Å². The summed E-state index contributed by atoms with van der Waals surface area (Å²) in [6.45, 7) is 1.98. The summed E-state index contributed by atoms with van der Waals surface area (Å²) in [6, 6.07) is 0. The lowest BCUT2D eigenvalue weighted by molar-refractivity contribution is 0.872. The van der Waals surface area contributed by atoms with E-state index in [1.54, 1.807) is 0 Å². The Labute approximate surface area is 122 Å². The van der Waals surface area contributed by atoms with E-state index in [0.29, 0.717) is 23.1 Å². The van der Waals surface area contributed by atoms with Crippen LogP contribution in [0.5, 0.6) is 0 Å². The van der Waals surface area contributed by atoms with Gasteiger partial charge in [0.2, 0.25) is 5.95 Å². The Morgan fingerprint density at radius 2 is 1.91 bits per heavy atom. The van der Waals surface area contributed by atoms with E-state index in [4.69, 9.17) is 5.73 Å². The lowest BCUT2D eigenvalue weighted by atomic mass is 10.2. The fourth-order valence-corrected chi connectivity index (χ4v) is 1.75. The van der Waals surface area contributed by atoms with Crippen molar-refractivity contribution in [3.8, 4) is 0 Å². The zero-order chi connectivity index (χ0) is 16.1. The summed E-state index contributed by atoms with van der Waals surface area (Å²) in [5.41, 5.74) is 5.55. The molecule has 10 nitrogen and oxygen atoms in total. The third-order valence-corrected chi connectivity index (χ3v) is 2.73. The average molecular weight is 305 g/mol. The average Bonchev–Trinajstić information content (AvgIpc) is 2.91. The minimum atomic E-state index is -0.449. The highest BCUT2D eigenvalue weighted by molar-refractivity contribution is 5.69. The van der Waals surface area contributed by atoms with Crippen molar-refractivity contribution >= 4 is 17.1 Å². The first kappa shape index (κ1) is 15.2. The van der Waals surface area contributed by atoms with Crippen LogP contribution in [0.15, 0.2) is 26.9 Å². The van der Waals surface area contributed by atoms with Gasteiger partial charge in [-0.1, -0.05) is 13.3 Å². The molecule has 0 aliphatic carbocycles. The number of anilines is 1. The molecule has 0 unspecified atom stereocenters. The van der Waals surface area contributed by atoms with Gasteiger partial charge in [0.05, 0.1) is 6.33 Å². The topological polar surface area (TPSA) is 166 Å². The van der Waals surface area contributed by atoms with Crippen molar-refractivity contribution in [2.45, 2.75) is 19.8 Å². The van der Waals surface area contributed by atoms with Gasteiger partial charge in [0.1, 0.15) is 0 Å². The number of aromatic amines is 4. The SMILES string of the molecule is CCCc1c[nH]c(=O)[nH]c1=O.Nc1nc2nc[nH]c2c(=O)[nH]1. The van der Waals surface area contributed by atoms with Gasteiger partial charge in [0, 0.05) is 11.8 Å². The summed E-state index contributed by atoms with van der Waals surface area (Å²) in [7, 11) is 0. The van der Waals surface area contributed by atoms with Gasteiger partial charge in [-0.15, -0.1) is 0 Å². The Morgan fingerprint density at radius 1 is 1.14 bits per heavy atom. The molecule has 3 aromatic rings. The fourth-order valence-electron chi connectivity index (χ4n) is 1.75. The number of rotatable bonds is 2. The molecule has 6 N–H and O–H groups in total. The Morgan fingerprint density at radius 3 is 2.59 bits per heavy atom. The molecular weight excluding hydrogens is 290 g/mol. The van der Waals surface area contributed by atoms with E-state index >= 15 is 0 Å². The van der Waals surface area contributed by atoms with Crippen molar-refractivity contribution in [3.63, 3.8) is 0 Å². The first-order valence-corrected chi connectivity index (χ1v) is 6.51. The summed E-state index contributed by atoms with van der Waals surface area (Å²) >= 11 is 0. The summed E-state index contributed by atoms with van der Waals surface area (Å²) < 4.78 is 0.